The lowest BCUT2D eigenvalue weighted by atomic mass is 10.2. The van der Waals surface area contributed by atoms with E-state index in [1.54, 1.807) is 0 Å². The maximum absolute atomic E-state index is 13.9. The van der Waals surface area contributed by atoms with Gasteiger partial charge in [-0.05, 0) is 18.4 Å². The van der Waals surface area contributed by atoms with Gasteiger partial charge in [-0.1, -0.05) is 15.9 Å². The van der Waals surface area contributed by atoms with Crippen LogP contribution in [0.15, 0.2) is 21.5 Å². The van der Waals surface area contributed by atoms with Crippen molar-refractivity contribution in [2.24, 2.45) is 5.73 Å². The molecule has 1 aromatic carbocycles. The van der Waals surface area contributed by atoms with Gasteiger partial charge in [-0.2, -0.15) is 11.8 Å². The van der Waals surface area contributed by atoms with Crippen LogP contribution in [0.4, 0.5) is 4.39 Å². The van der Waals surface area contributed by atoms with Gasteiger partial charge in [0.15, 0.2) is 0 Å². The SMILES string of the molecule is CSCCNS(=O)(=O)c1cc(Br)cc(CN)c1F. The highest BCUT2D eigenvalue weighted by molar-refractivity contribution is 9.10. The van der Waals surface area contributed by atoms with Crippen LogP contribution in [0.25, 0.3) is 0 Å². The second kappa shape index (κ2) is 6.85. The Morgan fingerprint density at radius 3 is 2.72 bits per heavy atom. The van der Waals surface area contributed by atoms with E-state index < -0.39 is 15.8 Å². The Bertz CT molecular complexity index is 523. The number of nitrogens with one attached hydrogen (secondary N) is 1. The van der Waals surface area contributed by atoms with Crippen molar-refractivity contribution in [2.45, 2.75) is 11.4 Å². The molecule has 0 aliphatic heterocycles. The number of hydrogen-bond donors (Lipinski definition) is 2. The summed E-state index contributed by atoms with van der Waals surface area (Å²) in [6.45, 7) is 0.200. The van der Waals surface area contributed by atoms with Crippen molar-refractivity contribution in [1.82, 2.24) is 4.72 Å². The van der Waals surface area contributed by atoms with Crippen molar-refractivity contribution < 1.29 is 12.8 Å². The van der Waals surface area contributed by atoms with Crippen molar-refractivity contribution in [3.8, 4) is 0 Å². The summed E-state index contributed by atoms with van der Waals surface area (Å²) >= 11 is 4.65. The van der Waals surface area contributed by atoms with Gasteiger partial charge in [0, 0.05) is 28.9 Å². The standard InChI is InChI=1S/C10H14BrFN2O2S2/c1-17-3-2-14-18(15,16)9-5-8(11)4-7(6-13)10(9)12/h4-5,14H,2-3,6,13H2,1H3. The number of sulfonamides is 1. The molecular weight excluding hydrogens is 343 g/mol. The largest absolute Gasteiger partial charge is 0.326 e. The minimum Gasteiger partial charge on any atom is -0.326 e. The summed E-state index contributed by atoms with van der Waals surface area (Å²) in [6, 6.07) is 2.70. The second-order valence-corrected chi connectivity index (χ2v) is 7.11. The van der Waals surface area contributed by atoms with E-state index in [0.717, 1.165) is 0 Å². The minimum absolute atomic E-state index is 0.0569. The Morgan fingerprint density at radius 2 is 2.17 bits per heavy atom. The number of hydrogen-bond acceptors (Lipinski definition) is 4. The summed E-state index contributed by atoms with van der Waals surface area (Å²) in [7, 11) is -3.84. The fraction of sp³-hybridized carbons (Fsp3) is 0.400. The van der Waals surface area contributed by atoms with Crippen LogP contribution < -0.4 is 10.5 Å². The third-order valence-electron chi connectivity index (χ3n) is 2.19. The molecule has 0 saturated heterocycles. The van der Waals surface area contributed by atoms with Gasteiger partial charge in [0.2, 0.25) is 10.0 Å². The predicted octanol–water partition coefficient (Wildman–Crippen LogP) is 1.69. The summed E-state index contributed by atoms with van der Waals surface area (Å²) in [5.74, 6) is -0.171. The number of halogens is 2. The van der Waals surface area contributed by atoms with Gasteiger partial charge >= 0.3 is 0 Å². The first-order valence-corrected chi connectivity index (χ1v) is 8.76. The molecule has 0 amide bonds. The Kier molecular flexibility index (Phi) is 6.06. The van der Waals surface area contributed by atoms with Gasteiger partial charge in [0.05, 0.1) is 0 Å². The highest BCUT2D eigenvalue weighted by Crippen LogP contribution is 2.23. The van der Waals surface area contributed by atoms with E-state index in [-0.39, 0.29) is 23.5 Å². The van der Waals surface area contributed by atoms with E-state index in [4.69, 9.17) is 5.73 Å². The zero-order chi connectivity index (χ0) is 13.8. The van der Waals surface area contributed by atoms with E-state index >= 15 is 0 Å². The molecule has 1 aromatic rings. The average Bonchev–Trinajstić information content (AvgIpc) is 2.31. The second-order valence-electron chi connectivity index (χ2n) is 3.47. The minimum atomic E-state index is -3.84. The van der Waals surface area contributed by atoms with Crippen molar-refractivity contribution in [3.63, 3.8) is 0 Å². The molecule has 3 N–H and O–H groups in total. The number of rotatable bonds is 6. The van der Waals surface area contributed by atoms with E-state index in [1.807, 2.05) is 6.26 Å². The summed E-state index contributed by atoms with van der Waals surface area (Å²) < 4.78 is 40.6. The highest BCUT2D eigenvalue weighted by Gasteiger charge is 2.21. The summed E-state index contributed by atoms with van der Waals surface area (Å²) in [4.78, 5) is -0.376. The van der Waals surface area contributed by atoms with Crippen LogP contribution in [0, 0.1) is 5.82 Å². The van der Waals surface area contributed by atoms with Crippen LogP contribution in [0.2, 0.25) is 0 Å². The molecule has 0 bridgehead atoms. The fourth-order valence-corrected chi connectivity index (χ4v) is 3.59. The monoisotopic (exact) mass is 356 g/mol. The number of thioether (sulfide) groups is 1. The molecule has 18 heavy (non-hydrogen) atoms. The summed E-state index contributed by atoms with van der Waals surface area (Å²) in [5, 5.41) is 0. The highest BCUT2D eigenvalue weighted by atomic mass is 79.9. The van der Waals surface area contributed by atoms with Crippen molar-refractivity contribution in [3.05, 3.63) is 28.0 Å². The number of benzene rings is 1. The molecule has 0 atom stereocenters. The zero-order valence-electron chi connectivity index (χ0n) is 9.74. The van der Waals surface area contributed by atoms with Crippen LogP contribution in [0.5, 0.6) is 0 Å². The Hall–Kier alpha value is -0.150. The van der Waals surface area contributed by atoms with Gasteiger partial charge < -0.3 is 5.73 Å². The molecule has 0 fully saturated rings. The first-order valence-electron chi connectivity index (χ1n) is 5.09. The fourth-order valence-electron chi connectivity index (χ4n) is 1.32. The topological polar surface area (TPSA) is 72.2 Å². The van der Waals surface area contributed by atoms with Crippen LogP contribution in [-0.2, 0) is 16.6 Å². The van der Waals surface area contributed by atoms with Gasteiger partial charge in [-0.25, -0.2) is 17.5 Å². The van der Waals surface area contributed by atoms with E-state index in [9.17, 15) is 12.8 Å². The lowest BCUT2D eigenvalue weighted by Gasteiger charge is -2.10. The third kappa shape index (κ3) is 3.92. The summed E-state index contributed by atoms with van der Waals surface area (Å²) in [6.07, 6.45) is 1.86. The molecule has 0 aromatic heterocycles. The molecule has 0 saturated carbocycles. The Labute approximate surface area is 119 Å². The zero-order valence-corrected chi connectivity index (χ0v) is 13.0. The maximum atomic E-state index is 13.9. The average molecular weight is 357 g/mol. The van der Waals surface area contributed by atoms with Crippen LogP contribution >= 0.6 is 27.7 Å². The smallest absolute Gasteiger partial charge is 0.243 e. The first kappa shape index (κ1) is 15.9. The van der Waals surface area contributed by atoms with Gasteiger partial charge in [-0.15, -0.1) is 0 Å². The van der Waals surface area contributed by atoms with Crippen molar-refractivity contribution in [2.75, 3.05) is 18.6 Å². The Morgan fingerprint density at radius 1 is 1.50 bits per heavy atom. The quantitative estimate of drug-likeness (QED) is 0.760. The number of nitrogens with two attached hydrogens (primary N) is 1. The molecule has 0 unspecified atom stereocenters. The predicted molar refractivity (Wildman–Crippen MR) is 75.6 cm³/mol. The summed E-state index contributed by atoms with van der Waals surface area (Å²) in [5.41, 5.74) is 5.54. The van der Waals surface area contributed by atoms with Crippen LogP contribution in [-0.4, -0.2) is 27.0 Å². The molecule has 0 aliphatic carbocycles. The molecule has 102 valence electrons. The van der Waals surface area contributed by atoms with Crippen LogP contribution in [0.1, 0.15) is 5.56 Å². The van der Waals surface area contributed by atoms with Crippen LogP contribution in [0.3, 0.4) is 0 Å². The normalized spacial score (nSPS) is 11.8. The van der Waals surface area contributed by atoms with E-state index in [1.165, 1.54) is 23.9 Å². The molecule has 0 spiro atoms. The van der Waals surface area contributed by atoms with E-state index in [0.29, 0.717) is 10.2 Å². The van der Waals surface area contributed by atoms with E-state index in [2.05, 4.69) is 20.7 Å². The third-order valence-corrected chi connectivity index (χ3v) is 4.72. The maximum Gasteiger partial charge on any atom is 0.243 e. The lowest BCUT2D eigenvalue weighted by molar-refractivity contribution is 0.551. The van der Waals surface area contributed by atoms with Gasteiger partial charge in [0.1, 0.15) is 10.7 Å². The molecule has 1 rings (SSSR count). The molecule has 8 heteroatoms. The molecule has 0 aliphatic rings. The van der Waals surface area contributed by atoms with Gasteiger partial charge in [0.25, 0.3) is 0 Å². The molecule has 4 nitrogen and oxygen atoms in total. The molecular formula is C10H14BrFN2O2S2. The molecule has 0 heterocycles. The van der Waals surface area contributed by atoms with Crippen molar-refractivity contribution in [1.29, 1.82) is 0 Å². The van der Waals surface area contributed by atoms with Crippen molar-refractivity contribution >= 4 is 37.7 Å². The molecule has 0 radical (unpaired) electrons. The van der Waals surface area contributed by atoms with Gasteiger partial charge in [-0.3, -0.25) is 0 Å². The lowest BCUT2D eigenvalue weighted by Crippen LogP contribution is -2.27. The Balaban J connectivity index is 3.12. The first-order chi connectivity index (χ1) is 8.42.